The molecule has 4 saturated carbocycles. The Bertz CT molecular complexity index is 378. The summed E-state index contributed by atoms with van der Waals surface area (Å²) in [6, 6.07) is 0. The molecule has 0 amide bonds. The first kappa shape index (κ1) is 18.2. The van der Waals surface area contributed by atoms with Crippen LogP contribution >= 0.6 is 0 Å². The van der Waals surface area contributed by atoms with Gasteiger partial charge in [-0.1, -0.05) is 0 Å². The largest absolute Gasteiger partial charge is 0.378 e. The summed E-state index contributed by atoms with van der Waals surface area (Å²) in [6.07, 6.45) is 8.19. The van der Waals surface area contributed by atoms with Crippen molar-refractivity contribution < 1.29 is 23.7 Å². The van der Waals surface area contributed by atoms with E-state index in [2.05, 4.69) is 0 Å². The summed E-state index contributed by atoms with van der Waals surface area (Å²) in [7, 11) is 0. The Morgan fingerprint density at radius 1 is 0.480 bits per heavy atom. The van der Waals surface area contributed by atoms with Gasteiger partial charge in [-0.05, 0) is 61.2 Å². The molecule has 1 aliphatic heterocycles. The van der Waals surface area contributed by atoms with Gasteiger partial charge in [0.15, 0.2) is 0 Å². The number of hydrogen-bond acceptors (Lipinski definition) is 5. The van der Waals surface area contributed by atoms with Crippen molar-refractivity contribution in [2.45, 2.75) is 38.5 Å². The highest BCUT2D eigenvalue weighted by atomic mass is 16.6. The maximum Gasteiger partial charge on any atom is 0.0701 e. The molecule has 0 aromatic rings. The molecule has 5 aliphatic rings. The fraction of sp³-hybridized carbons (Fsp3) is 1.00. The Labute approximate surface area is 151 Å². The Morgan fingerprint density at radius 2 is 0.840 bits per heavy atom. The van der Waals surface area contributed by atoms with E-state index in [1.165, 1.54) is 38.5 Å². The van der Waals surface area contributed by atoms with Crippen molar-refractivity contribution in [3.8, 4) is 0 Å². The maximum absolute atomic E-state index is 6.08. The van der Waals surface area contributed by atoms with Gasteiger partial charge in [0.05, 0.1) is 66.1 Å². The molecule has 1 heterocycles. The maximum atomic E-state index is 6.08. The minimum absolute atomic E-state index is 0.401. The van der Waals surface area contributed by atoms with Gasteiger partial charge in [0.25, 0.3) is 0 Å². The van der Waals surface area contributed by atoms with E-state index in [1.54, 1.807) is 0 Å². The van der Waals surface area contributed by atoms with Gasteiger partial charge in [0.2, 0.25) is 0 Å². The lowest BCUT2D eigenvalue weighted by molar-refractivity contribution is -0.164. The molecule has 0 aromatic carbocycles. The van der Waals surface area contributed by atoms with E-state index in [-0.39, 0.29) is 0 Å². The molecule has 0 aromatic heterocycles. The van der Waals surface area contributed by atoms with E-state index < -0.39 is 0 Å². The van der Waals surface area contributed by atoms with E-state index in [0.29, 0.717) is 63.7 Å². The average molecular weight is 354 g/mol. The standard InChI is InChI=1S/C20H34O5/c1-3-22-5-7-24-15-19-10-17-9-18(11-19)13-20(12-17,14-19)16-25-8-6-23-4-2-21-1/h17-18H,1-16H2. The van der Waals surface area contributed by atoms with Crippen LogP contribution < -0.4 is 0 Å². The fourth-order valence-corrected chi connectivity index (χ4v) is 6.34. The second-order valence-electron chi connectivity index (χ2n) is 8.90. The van der Waals surface area contributed by atoms with Crippen LogP contribution in [0, 0.1) is 22.7 Å². The Morgan fingerprint density at radius 3 is 1.24 bits per heavy atom. The third-order valence-corrected chi connectivity index (χ3v) is 6.61. The molecule has 0 radical (unpaired) electrons. The molecule has 5 heteroatoms. The van der Waals surface area contributed by atoms with Crippen LogP contribution in [-0.4, -0.2) is 66.1 Å². The molecule has 1 saturated heterocycles. The lowest BCUT2D eigenvalue weighted by Crippen LogP contribution is -2.55. The van der Waals surface area contributed by atoms with Crippen molar-refractivity contribution in [3.05, 3.63) is 0 Å². The summed E-state index contributed by atoms with van der Waals surface area (Å²) >= 11 is 0. The molecule has 0 N–H and O–H groups in total. The molecule has 5 nitrogen and oxygen atoms in total. The lowest BCUT2D eigenvalue weighted by Gasteiger charge is -2.62. The third kappa shape index (κ3) is 4.56. The molecular formula is C20H34O5. The predicted molar refractivity (Wildman–Crippen MR) is 93.6 cm³/mol. The number of rotatable bonds is 0. The van der Waals surface area contributed by atoms with Crippen LogP contribution in [0.5, 0.6) is 0 Å². The van der Waals surface area contributed by atoms with Crippen molar-refractivity contribution in [1.29, 1.82) is 0 Å². The van der Waals surface area contributed by atoms with E-state index >= 15 is 0 Å². The lowest BCUT2D eigenvalue weighted by atomic mass is 9.44. The summed E-state index contributed by atoms with van der Waals surface area (Å²) in [5.41, 5.74) is 0.803. The predicted octanol–water partition coefficient (Wildman–Crippen LogP) is 2.67. The first-order valence-corrected chi connectivity index (χ1v) is 10.2. The van der Waals surface area contributed by atoms with E-state index in [1.807, 2.05) is 0 Å². The Hall–Kier alpha value is -0.200. The molecular weight excluding hydrogens is 320 g/mol. The quantitative estimate of drug-likeness (QED) is 0.669. The first-order valence-electron chi connectivity index (χ1n) is 10.2. The Kier molecular flexibility index (Phi) is 5.98. The zero-order valence-electron chi connectivity index (χ0n) is 15.5. The van der Waals surface area contributed by atoms with Crippen LogP contribution in [0.15, 0.2) is 0 Å². The molecule has 25 heavy (non-hydrogen) atoms. The zero-order valence-corrected chi connectivity index (χ0v) is 15.5. The summed E-state index contributed by atoms with van der Waals surface area (Å²) in [5, 5.41) is 0. The van der Waals surface area contributed by atoms with Crippen LogP contribution in [-0.2, 0) is 23.7 Å². The van der Waals surface area contributed by atoms with Crippen molar-refractivity contribution >= 4 is 0 Å². The van der Waals surface area contributed by atoms with Gasteiger partial charge in [-0.2, -0.15) is 0 Å². The highest BCUT2D eigenvalue weighted by Gasteiger charge is 2.57. The van der Waals surface area contributed by atoms with Crippen molar-refractivity contribution in [2.24, 2.45) is 22.7 Å². The molecule has 144 valence electrons. The zero-order chi connectivity index (χ0) is 17.0. The van der Waals surface area contributed by atoms with Crippen molar-refractivity contribution in [3.63, 3.8) is 0 Å². The second-order valence-corrected chi connectivity index (χ2v) is 8.90. The number of ether oxygens (including phenoxy) is 5. The van der Waals surface area contributed by atoms with E-state index in [4.69, 9.17) is 23.7 Å². The van der Waals surface area contributed by atoms with Crippen LogP contribution in [0.4, 0.5) is 0 Å². The molecule has 0 unspecified atom stereocenters. The molecule has 5 rings (SSSR count). The normalized spacial score (nSPS) is 44.2. The third-order valence-electron chi connectivity index (χ3n) is 6.61. The highest BCUT2D eigenvalue weighted by Crippen LogP contribution is 2.65. The van der Waals surface area contributed by atoms with Crippen molar-refractivity contribution in [1.82, 2.24) is 0 Å². The van der Waals surface area contributed by atoms with Crippen LogP contribution in [0.2, 0.25) is 0 Å². The fourth-order valence-electron chi connectivity index (χ4n) is 6.34. The second kappa shape index (κ2) is 8.22. The molecule has 4 aliphatic carbocycles. The first-order chi connectivity index (χ1) is 12.3. The van der Waals surface area contributed by atoms with Gasteiger partial charge < -0.3 is 23.7 Å². The molecule has 4 bridgehead atoms. The van der Waals surface area contributed by atoms with Gasteiger partial charge in [0.1, 0.15) is 0 Å². The van der Waals surface area contributed by atoms with Gasteiger partial charge in [0, 0.05) is 0 Å². The monoisotopic (exact) mass is 354 g/mol. The summed E-state index contributed by atoms with van der Waals surface area (Å²) in [5.74, 6) is 1.78. The topological polar surface area (TPSA) is 46.2 Å². The molecule has 2 spiro atoms. The minimum Gasteiger partial charge on any atom is -0.378 e. The summed E-state index contributed by atoms with van der Waals surface area (Å²) in [4.78, 5) is 0. The van der Waals surface area contributed by atoms with Gasteiger partial charge >= 0.3 is 0 Å². The molecule has 0 atom stereocenters. The van der Waals surface area contributed by atoms with E-state index in [0.717, 1.165) is 25.0 Å². The number of hydrogen-bond donors (Lipinski definition) is 0. The van der Waals surface area contributed by atoms with Crippen LogP contribution in [0.1, 0.15) is 38.5 Å². The SMILES string of the molecule is C1COCCOCC23CC4CC(C2)CC(COCCOCCO1)(C4)C3. The van der Waals surface area contributed by atoms with E-state index in [9.17, 15) is 0 Å². The van der Waals surface area contributed by atoms with Gasteiger partial charge in [-0.25, -0.2) is 0 Å². The highest BCUT2D eigenvalue weighted by molar-refractivity contribution is 5.07. The minimum atomic E-state index is 0.401. The van der Waals surface area contributed by atoms with Gasteiger partial charge in [-0.3, -0.25) is 0 Å². The van der Waals surface area contributed by atoms with Crippen LogP contribution in [0.25, 0.3) is 0 Å². The molecule has 5 fully saturated rings. The summed E-state index contributed by atoms with van der Waals surface area (Å²) < 4.78 is 28.8. The van der Waals surface area contributed by atoms with Crippen molar-refractivity contribution in [2.75, 3.05) is 66.1 Å². The van der Waals surface area contributed by atoms with Crippen LogP contribution in [0.3, 0.4) is 0 Å². The van der Waals surface area contributed by atoms with Gasteiger partial charge in [-0.15, -0.1) is 0 Å². The summed E-state index contributed by atoms with van der Waals surface area (Å²) in [6.45, 7) is 7.04. The Balaban J connectivity index is 1.36. The smallest absolute Gasteiger partial charge is 0.0701 e. The average Bonchev–Trinajstić information content (AvgIpc) is 2.56.